The van der Waals surface area contributed by atoms with Crippen molar-refractivity contribution in [1.82, 2.24) is 44.7 Å². The number of halogens is 8. The van der Waals surface area contributed by atoms with E-state index in [4.69, 9.17) is 97.3 Å². The highest BCUT2D eigenvalue weighted by Gasteiger charge is 2.32. The molecule has 0 saturated carbocycles. The van der Waals surface area contributed by atoms with Crippen molar-refractivity contribution < 1.29 is 59.7 Å². The van der Waals surface area contributed by atoms with Crippen LogP contribution >= 0.6 is 92.8 Å². The lowest BCUT2D eigenvalue weighted by Crippen LogP contribution is -2.43. The first-order valence-corrected chi connectivity index (χ1v) is 44.8. The molecule has 0 radical (unpaired) electrons. The topological polar surface area (TPSA) is 379 Å². The second-order valence-electron chi connectivity index (χ2n) is 27.9. The van der Waals surface area contributed by atoms with E-state index in [9.17, 15) is 55.2 Å². The summed E-state index contributed by atoms with van der Waals surface area (Å²) in [5.74, 6) is -3.08. The summed E-state index contributed by atoms with van der Waals surface area (Å²) in [5, 5.41) is 26.4. The molecular weight excluding hydrogens is 1850 g/mol. The second-order valence-corrected chi connectivity index (χ2v) is 35.7. The van der Waals surface area contributed by atoms with Crippen molar-refractivity contribution in [2.75, 3.05) is 74.7 Å². The van der Waals surface area contributed by atoms with Crippen LogP contribution < -0.4 is 31.9 Å². The summed E-state index contributed by atoms with van der Waals surface area (Å²) < 4.78 is 52.8. The number of amides is 8. The molecule has 8 amide bonds. The Labute approximate surface area is 771 Å². The number of aryl methyl sites for hydroxylation is 1. The van der Waals surface area contributed by atoms with Gasteiger partial charge in [-0.25, -0.2) is 16.8 Å². The van der Waals surface area contributed by atoms with Crippen LogP contribution in [0.25, 0.3) is 45.0 Å². The Hall–Kier alpha value is -13.2. The molecule has 6 aromatic heterocycles. The highest BCUT2D eigenvalue weighted by molar-refractivity contribution is 7.91. The van der Waals surface area contributed by atoms with Crippen LogP contribution in [0.2, 0.25) is 40.2 Å². The maximum Gasteiger partial charge on any atom is 0.258 e. The van der Waals surface area contributed by atoms with Gasteiger partial charge >= 0.3 is 0 Å². The Bertz CT molecular complexity index is 6800. The molecule has 16 rings (SSSR count). The number of carbonyl (C=O) groups is 8. The number of carbonyl (C=O) groups excluding carboxylic acids is 8. The number of anilines is 6. The van der Waals surface area contributed by atoms with Gasteiger partial charge in [-0.3, -0.25) is 68.3 Å². The minimum absolute atomic E-state index is 0.0610. The first kappa shape index (κ1) is 92.4. The molecule has 2 fully saturated rings. The van der Waals surface area contributed by atoms with Gasteiger partial charge < -0.3 is 40.9 Å². The highest BCUT2D eigenvalue weighted by atomic mass is 35.5. The van der Waals surface area contributed by atoms with Crippen LogP contribution in [-0.4, -0.2) is 152 Å². The van der Waals surface area contributed by atoms with Gasteiger partial charge in [-0.1, -0.05) is 122 Å². The number of pyridine rings is 4. The molecule has 2 aliphatic heterocycles. The van der Waals surface area contributed by atoms with Gasteiger partial charge in [-0.05, 0) is 194 Å². The third-order valence-corrected chi connectivity index (χ3v) is 24.9. The fourth-order valence-electron chi connectivity index (χ4n) is 12.6. The van der Waals surface area contributed by atoms with Crippen molar-refractivity contribution in [1.29, 1.82) is 0 Å². The lowest BCUT2D eigenvalue weighted by molar-refractivity contribution is 0.0767. The zero-order valence-corrected chi connectivity index (χ0v) is 74.2. The van der Waals surface area contributed by atoms with Crippen molar-refractivity contribution in [2.24, 2.45) is 7.05 Å². The summed E-state index contributed by atoms with van der Waals surface area (Å²) in [6.07, 6.45) is 9.62. The molecule has 8 heterocycles. The van der Waals surface area contributed by atoms with E-state index in [2.05, 4.69) is 62.1 Å². The Kier molecular flexibility index (Phi) is 30.3. The molecule has 0 unspecified atom stereocenters. The number of nitrogens with one attached hydrogen (secondary N) is 6. The van der Waals surface area contributed by atoms with E-state index in [1.165, 1.54) is 99.5 Å². The largest absolute Gasteiger partial charge is 0.338 e. The molecule has 14 aromatic rings. The van der Waals surface area contributed by atoms with Gasteiger partial charge in [0.25, 0.3) is 47.3 Å². The summed E-state index contributed by atoms with van der Waals surface area (Å²) in [5.41, 5.74) is 9.41. The monoisotopic (exact) mass is 1910 g/mol. The Balaban J connectivity index is 0.000000146. The predicted octanol–water partition coefficient (Wildman–Crippen LogP) is 19.2. The molecule has 0 atom stereocenters. The number of rotatable bonds is 18. The molecule has 0 aliphatic carbocycles. The molecule has 38 heteroatoms. The second kappa shape index (κ2) is 41.9. The van der Waals surface area contributed by atoms with E-state index < -0.39 is 55.1 Å². The van der Waals surface area contributed by atoms with Gasteiger partial charge in [-0.15, -0.1) is 0 Å². The number of benzene rings is 8. The predicted molar refractivity (Wildman–Crippen MR) is 496 cm³/mol. The van der Waals surface area contributed by atoms with Crippen molar-refractivity contribution in [3.05, 3.63) is 352 Å². The molecule has 648 valence electrons. The lowest BCUT2D eigenvalue weighted by Gasteiger charge is -2.26. The quantitative estimate of drug-likeness (QED) is 0.0465. The maximum absolute atomic E-state index is 12.8. The number of hydrogen-bond donors (Lipinski definition) is 6. The van der Waals surface area contributed by atoms with Crippen molar-refractivity contribution >= 4 is 194 Å². The van der Waals surface area contributed by atoms with E-state index in [1.807, 2.05) is 54.6 Å². The molecule has 28 nitrogen and oxygen atoms in total. The van der Waals surface area contributed by atoms with E-state index in [0.29, 0.717) is 105 Å². The molecule has 0 spiro atoms. The van der Waals surface area contributed by atoms with Crippen molar-refractivity contribution in [3.8, 4) is 45.0 Å². The average molecular weight is 1910 g/mol. The van der Waals surface area contributed by atoms with E-state index in [-0.39, 0.29) is 114 Å². The Morgan fingerprint density at radius 1 is 0.320 bits per heavy atom. The standard InChI is InChI=1S/C23H17Cl2N5O2.C23H19Cl2N3O4S.C22H14Cl2N4O3.C22H17Cl2N3O4S/c1-30-21(9-11-27-30)29-22(31)14-5-7-16(19(25)12-14)23(32)28-15-6-8-18(24)17(13-15)20-4-2-3-10-26-20;24-19-7-5-16(14-18(19)21-3-1-2-8-26-21)27-22(29)17-6-4-15(13-20(17)25)23(30)28-9-11-33(31,32)12-10-28;23-17-7-5-14(12-16(17)19-3-1-2-9-25-19)27-22(30)15-6-4-13(11-18(15)24)21(29)28-20-8-10-26-31-20;23-18-7-5-15(12-17(18)20-3-1-2-8-25-20)26-21(28)16-6-4-14(11-19(16)24)22(29)27-9-10-32(30,31)13-27/h2-13H,1H3,(H,28,32)(H,29,31);1-8,13-14H,9-12H2,(H,27,29);1-12H,(H,27,30)(H,28,29);1-8,11-12H,9-10,13H2,(H,26,28). The lowest BCUT2D eigenvalue weighted by atomic mass is 10.1. The fraction of sp³-hybridized carbons (Fsp3) is 0.0889. The van der Waals surface area contributed by atoms with Crippen LogP contribution in [-0.2, 0) is 26.7 Å². The zero-order valence-electron chi connectivity index (χ0n) is 66.5. The van der Waals surface area contributed by atoms with Gasteiger partial charge in [0.05, 0.1) is 115 Å². The summed E-state index contributed by atoms with van der Waals surface area (Å²) in [6.45, 7) is 0.405. The molecule has 0 bridgehead atoms. The number of sulfone groups is 2. The van der Waals surface area contributed by atoms with Gasteiger partial charge in [-0.2, -0.15) is 5.10 Å². The molecule has 6 N–H and O–H groups in total. The molecule has 128 heavy (non-hydrogen) atoms. The van der Waals surface area contributed by atoms with Gasteiger partial charge in [0.1, 0.15) is 11.7 Å². The Morgan fingerprint density at radius 2 is 0.648 bits per heavy atom. The SMILES string of the molecule is Cn1nccc1NC(=O)c1ccc(C(=O)Nc2ccc(Cl)c(-c3ccccn3)c2)c(Cl)c1.O=C(Nc1ccc(Cl)c(-c2ccccn2)c1)c1ccc(C(=O)N2CCS(=O)(=O)C2)cc1Cl.O=C(Nc1ccc(Cl)c(-c2ccccn2)c1)c1ccc(C(=O)N2CCS(=O)(=O)CC2)cc1Cl.O=C(Nc1ccno1)c1ccc(C(=O)Nc2ccc(Cl)c(-c3ccccn3)c2)c(Cl)c1. The first-order chi connectivity index (χ1) is 61.4. The number of nitrogens with zero attached hydrogens (tertiary/aromatic N) is 9. The summed E-state index contributed by atoms with van der Waals surface area (Å²) in [4.78, 5) is 121. The van der Waals surface area contributed by atoms with Crippen molar-refractivity contribution in [3.63, 3.8) is 0 Å². The highest BCUT2D eigenvalue weighted by Crippen LogP contribution is 2.36. The van der Waals surface area contributed by atoms with E-state index >= 15 is 0 Å². The Morgan fingerprint density at radius 3 is 0.953 bits per heavy atom. The zero-order chi connectivity index (χ0) is 90.9. The summed E-state index contributed by atoms with van der Waals surface area (Å²) >= 11 is 50.3. The van der Waals surface area contributed by atoms with Crippen LogP contribution in [0.15, 0.2) is 272 Å². The normalized spacial score (nSPS) is 12.8. The maximum atomic E-state index is 12.8. The molecule has 2 saturated heterocycles. The van der Waals surface area contributed by atoms with Crippen LogP contribution in [0.4, 0.5) is 34.5 Å². The third kappa shape index (κ3) is 23.9. The number of aromatic nitrogens is 7. The first-order valence-electron chi connectivity index (χ1n) is 38.2. The average Bonchev–Trinajstić information content (AvgIpc) is 1.79. The van der Waals surface area contributed by atoms with Crippen LogP contribution in [0.5, 0.6) is 0 Å². The van der Waals surface area contributed by atoms with Gasteiger partial charge in [0.2, 0.25) is 5.88 Å². The van der Waals surface area contributed by atoms with Crippen LogP contribution in [0.1, 0.15) is 82.9 Å². The van der Waals surface area contributed by atoms with Crippen LogP contribution in [0.3, 0.4) is 0 Å². The van der Waals surface area contributed by atoms with Gasteiger partial charge in [0.15, 0.2) is 19.7 Å². The minimum atomic E-state index is -3.25. The number of hydrogen-bond acceptors (Lipinski definition) is 19. The van der Waals surface area contributed by atoms with E-state index in [1.54, 1.807) is 135 Å². The molecular formula is C90H67Cl8N15O13S2. The third-order valence-electron chi connectivity index (χ3n) is 19.2. The fourth-order valence-corrected chi connectivity index (χ4v) is 17.1. The van der Waals surface area contributed by atoms with E-state index in [0.717, 1.165) is 0 Å². The molecule has 2 aliphatic rings. The molecule has 8 aromatic carbocycles. The van der Waals surface area contributed by atoms with Gasteiger partial charge in [0, 0.05) is 131 Å². The minimum Gasteiger partial charge on any atom is -0.338 e. The summed E-state index contributed by atoms with van der Waals surface area (Å²) in [6, 6.07) is 62.9. The smallest absolute Gasteiger partial charge is 0.258 e. The van der Waals surface area contributed by atoms with Crippen LogP contribution in [0, 0.1) is 0 Å². The van der Waals surface area contributed by atoms with Crippen molar-refractivity contribution in [2.45, 2.75) is 0 Å². The summed E-state index contributed by atoms with van der Waals surface area (Å²) in [7, 11) is -4.63.